The van der Waals surface area contributed by atoms with Crippen LogP contribution in [0.25, 0.3) is 0 Å². The Labute approximate surface area is 208 Å². The van der Waals surface area contributed by atoms with E-state index in [1.807, 2.05) is 24.3 Å². The largest absolute Gasteiger partial charge is 0.495 e. The summed E-state index contributed by atoms with van der Waals surface area (Å²) in [5.41, 5.74) is 3.06. The molecule has 7 heteroatoms. The van der Waals surface area contributed by atoms with Crippen molar-refractivity contribution in [1.29, 1.82) is 5.41 Å². The third kappa shape index (κ3) is 6.09. The summed E-state index contributed by atoms with van der Waals surface area (Å²) in [6.07, 6.45) is 8.75. The highest BCUT2D eigenvalue weighted by Crippen LogP contribution is 2.46. The number of nitrogens with zero attached hydrogens (tertiary/aromatic N) is 1. The molecule has 6 nitrogen and oxygen atoms in total. The second-order valence-electron chi connectivity index (χ2n) is 9.70. The molecule has 4 atom stereocenters. The van der Waals surface area contributed by atoms with Crippen LogP contribution in [-0.4, -0.2) is 50.7 Å². The van der Waals surface area contributed by atoms with Gasteiger partial charge in [-0.25, -0.2) is 0 Å². The molecule has 2 bridgehead atoms. The normalized spacial score (nSPS) is 31.4. The van der Waals surface area contributed by atoms with Crippen molar-refractivity contribution < 1.29 is 19.0 Å². The Balaban J connectivity index is 1.92. The molecule has 1 fully saturated rings. The summed E-state index contributed by atoms with van der Waals surface area (Å²) in [4.78, 5) is 14.7. The molecule has 186 valence electrons. The Hall–Kier alpha value is -2.15. The highest BCUT2D eigenvalue weighted by atomic mass is 35.5. The molecule has 34 heavy (non-hydrogen) atoms. The summed E-state index contributed by atoms with van der Waals surface area (Å²) < 4.78 is 17.3. The van der Waals surface area contributed by atoms with Gasteiger partial charge in [0, 0.05) is 45.0 Å². The van der Waals surface area contributed by atoms with Gasteiger partial charge < -0.3 is 24.5 Å². The van der Waals surface area contributed by atoms with Crippen LogP contribution < -0.4 is 9.64 Å². The Bertz CT molecular complexity index is 989. The van der Waals surface area contributed by atoms with Gasteiger partial charge in [0.15, 0.2) is 0 Å². The first kappa shape index (κ1) is 26.5. The molecule has 3 rings (SSSR count). The van der Waals surface area contributed by atoms with Gasteiger partial charge in [-0.15, -0.1) is 0 Å². The van der Waals surface area contributed by atoms with E-state index in [1.165, 1.54) is 0 Å². The van der Waals surface area contributed by atoms with Crippen LogP contribution in [0.2, 0.25) is 5.02 Å². The fourth-order valence-electron chi connectivity index (χ4n) is 4.74. The SMILES string of the molecule is COc1cc2cc(c1Cl)N(C)C(=O)CC[C@@]1(C)O[C@H]1[C@H](C)[C@@H](OC)CC(=N)C/C=C/C=C(\C)C2. The molecule has 1 aromatic carbocycles. The average molecular weight is 489 g/mol. The molecule has 2 aliphatic rings. The van der Waals surface area contributed by atoms with Crippen molar-refractivity contribution in [3.63, 3.8) is 0 Å². The monoisotopic (exact) mass is 488 g/mol. The van der Waals surface area contributed by atoms with Crippen molar-refractivity contribution in [2.45, 2.75) is 70.7 Å². The minimum Gasteiger partial charge on any atom is -0.495 e. The van der Waals surface area contributed by atoms with E-state index in [9.17, 15) is 4.79 Å². The number of hydrogen-bond donors (Lipinski definition) is 1. The van der Waals surface area contributed by atoms with Gasteiger partial charge in [0.1, 0.15) is 10.8 Å². The number of nitrogens with one attached hydrogen (secondary N) is 1. The fourth-order valence-corrected chi connectivity index (χ4v) is 5.05. The lowest BCUT2D eigenvalue weighted by Gasteiger charge is -2.23. The van der Waals surface area contributed by atoms with Crippen LogP contribution in [-0.2, 0) is 20.7 Å². The van der Waals surface area contributed by atoms with Crippen LogP contribution in [0.3, 0.4) is 0 Å². The molecule has 1 N–H and O–H groups in total. The number of carbonyl (C=O) groups excluding carboxylic acids is 1. The van der Waals surface area contributed by atoms with E-state index in [2.05, 4.69) is 26.8 Å². The van der Waals surface area contributed by atoms with Crippen LogP contribution in [0.4, 0.5) is 5.69 Å². The molecule has 1 amide bonds. The van der Waals surface area contributed by atoms with Crippen LogP contribution in [0.15, 0.2) is 35.9 Å². The number of rotatable bonds is 2. The fraction of sp³-hybridized carbons (Fsp3) is 0.556. The molecule has 0 aliphatic carbocycles. The van der Waals surface area contributed by atoms with Crippen molar-refractivity contribution in [2.24, 2.45) is 5.92 Å². The van der Waals surface area contributed by atoms with E-state index in [4.69, 9.17) is 31.2 Å². The van der Waals surface area contributed by atoms with Crippen LogP contribution in [0, 0.1) is 11.3 Å². The summed E-state index contributed by atoms with van der Waals surface area (Å²) in [7, 11) is 5.03. The molecule has 2 aliphatic heterocycles. The first-order valence-electron chi connectivity index (χ1n) is 11.8. The van der Waals surface area contributed by atoms with Crippen molar-refractivity contribution in [3.05, 3.63) is 46.5 Å². The number of halogens is 1. The quantitative estimate of drug-likeness (QED) is 0.537. The van der Waals surface area contributed by atoms with Crippen molar-refractivity contribution in [3.8, 4) is 5.75 Å². The third-order valence-electron chi connectivity index (χ3n) is 6.99. The predicted molar refractivity (Wildman–Crippen MR) is 137 cm³/mol. The maximum atomic E-state index is 13.1. The number of fused-ring (bicyclic) bond motifs is 3. The number of ether oxygens (including phenoxy) is 3. The molecular weight excluding hydrogens is 452 g/mol. The van der Waals surface area contributed by atoms with Gasteiger partial charge in [-0.2, -0.15) is 0 Å². The second-order valence-corrected chi connectivity index (χ2v) is 10.1. The van der Waals surface area contributed by atoms with Gasteiger partial charge in [-0.3, -0.25) is 4.79 Å². The third-order valence-corrected chi connectivity index (χ3v) is 7.37. The van der Waals surface area contributed by atoms with Gasteiger partial charge in [0.2, 0.25) is 5.91 Å². The minimum atomic E-state index is -0.373. The lowest BCUT2D eigenvalue weighted by molar-refractivity contribution is -0.118. The Morgan fingerprint density at radius 2 is 2.03 bits per heavy atom. The molecule has 0 saturated carbocycles. The molecule has 1 aromatic rings. The van der Waals surface area contributed by atoms with Gasteiger partial charge in [0.25, 0.3) is 0 Å². The van der Waals surface area contributed by atoms with Gasteiger partial charge in [-0.1, -0.05) is 42.3 Å². The predicted octanol–water partition coefficient (Wildman–Crippen LogP) is 5.76. The summed E-state index contributed by atoms with van der Waals surface area (Å²) in [5, 5.41) is 8.83. The topological polar surface area (TPSA) is 75.2 Å². The number of hydrogen-bond acceptors (Lipinski definition) is 5. The summed E-state index contributed by atoms with van der Waals surface area (Å²) >= 11 is 6.59. The van der Waals surface area contributed by atoms with Crippen LogP contribution in [0.1, 0.15) is 52.0 Å². The maximum Gasteiger partial charge on any atom is 0.226 e. The van der Waals surface area contributed by atoms with Crippen LogP contribution >= 0.6 is 11.6 Å². The van der Waals surface area contributed by atoms with E-state index >= 15 is 0 Å². The lowest BCUT2D eigenvalue weighted by atomic mass is 9.87. The number of allylic oxidation sites excluding steroid dienone is 4. The van der Waals surface area contributed by atoms with Crippen molar-refractivity contribution in [2.75, 3.05) is 26.2 Å². The maximum absolute atomic E-state index is 13.1. The molecular formula is C27H37ClN2O4. The summed E-state index contributed by atoms with van der Waals surface area (Å²) in [6.45, 7) is 6.21. The van der Waals surface area contributed by atoms with E-state index in [-0.39, 0.29) is 29.6 Å². The standard InChI is InChI=1S/C27H37ClN2O4/c1-17-9-7-8-10-20(29)16-22(32-5)18(2)26-27(3,34-26)12-11-24(31)30(4)21-14-19(13-17)15-23(33-6)25(21)28/h7-9,14-15,18,22,26,29H,10-13,16H2,1-6H3/b8-7+,17-9+,29-20?/t18-,22+,26+,27-/m1/s1. The highest BCUT2D eigenvalue weighted by Gasteiger charge is 2.56. The molecule has 0 spiro atoms. The molecule has 0 unspecified atom stereocenters. The number of methoxy groups -OCH3 is 2. The summed E-state index contributed by atoms with van der Waals surface area (Å²) in [6, 6.07) is 3.87. The number of anilines is 1. The van der Waals surface area contributed by atoms with E-state index in [1.54, 1.807) is 26.2 Å². The van der Waals surface area contributed by atoms with E-state index in [0.717, 1.165) is 11.1 Å². The molecule has 1 saturated heterocycles. The zero-order valence-corrected chi connectivity index (χ0v) is 21.9. The number of epoxide rings is 1. The van der Waals surface area contributed by atoms with Gasteiger partial charge >= 0.3 is 0 Å². The number of carbonyl (C=O) groups is 1. The van der Waals surface area contributed by atoms with Crippen LogP contribution in [0.5, 0.6) is 5.75 Å². The van der Waals surface area contributed by atoms with Crippen molar-refractivity contribution >= 4 is 28.9 Å². The van der Waals surface area contributed by atoms with Gasteiger partial charge in [-0.05, 0) is 44.4 Å². The zero-order chi connectivity index (χ0) is 25.0. The lowest BCUT2D eigenvalue weighted by Crippen LogP contribution is -2.31. The molecule has 0 aromatic heterocycles. The summed E-state index contributed by atoms with van der Waals surface area (Å²) in [5.74, 6) is 0.641. The Morgan fingerprint density at radius 1 is 1.29 bits per heavy atom. The first-order valence-corrected chi connectivity index (χ1v) is 12.2. The Kier molecular flexibility index (Phi) is 8.61. The number of benzene rings is 1. The zero-order valence-electron chi connectivity index (χ0n) is 21.1. The molecule has 2 heterocycles. The van der Waals surface area contributed by atoms with Gasteiger partial charge in [0.05, 0.1) is 30.6 Å². The average Bonchev–Trinajstić information content (AvgIpc) is 3.49. The molecule has 0 radical (unpaired) electrons. The van der Waals surface area contributed by atoms with Crippen molar-refractivity contribution in [1.82, 2.24) is 0 Å². The smallest absolute Gasteiger partial charge is 0.226 e. The van der Waals surface area contributed by atoms with E-state index in [0.29, 0.717) is 54.3 Å². The Morgan fingerprint density at radius 3 is 2.71 bits per heavy atom. The van der Waals surface area contributed by atoms with E-state index < -0.39 is 0 Å². The highest BCUT2D eigenvalue weighted by molar-refractivity contribution is 6.35. The minimum absolute atomic E-state index is 0.00132. The number of amides is 1. The first-order chi connectivity index (χ1) is 16.1. The second kappa shape index (κ2) is 11.1.